The summed E-state index contributed by atoms with van der Waals surface area (Å²) in [5.74, 6) is 1.64. The van der Waals surface area contributed by atoms with E-state index in [1.165, 1.54) is 51.6 Å². The van der Waals surface area contributed by atoms with Crippen molar-refractivity contribution in [2.75, 3.05) is 13.1 Å². The van der Waals surface area contributed by atoms with Gasteiger partial charge >= 0.3 is 0 Å². The lowest BCUT2D eigenvalue weighted by atomic mass is 9.90. The van der Waals surface area contributed by atoms with Crippen LogP contribution in [0.1, 0.15) is 66.2 Å². The first-order valence-electron chi connectivity index (χ1n) is 8.61. The molecule has 1 aliphatic heterocycles. The highest BCUT2D eigenvalue weighted by Crippen LogP contribution is 2.30. The van der Waals surface area contributed by atoms with E-state index in [9.17, 15) is 0 Å². The Morgan fingerprint density at radius 3 is 2.42 bits per heavy atom. The molecule has 3 atom stereocenters. The molecule has 112 valence electrons. The van der Waals surface area contributed by atoms with Crippen molar-refractivity contribution < 1.29 is 0 Å². The normalized spacial score (nSPS) is 32.1. The van der Waals surface area contributed by atoms with Gasteiger partial charge in [-0.3, -0.25) is 4.90 Å². The smallest absolute Gasteiger partial charge is 0.0249 e. The second-order valence-corrected chi connectivity index (χ2v) is 7.32. The Hall–Kier alpha value is -0.0800. The van der Waals surface area contributed by atoms with Gasteiger partial charge in [0.25, 0.3) is 0 Å². The molecule has 3 unspecified atom stereocenters. The van der Waals surface area contributed by atoms with Crippen LogP contribution >= 0.6 is 0 Å². The third-order valence-corrected chi connectivity index (χ3v) is 5.32. The van der Waals surface area contributed by atoms with E-state index in [2.05, 4.69) is 37.9 Å². The molecular formula is C17H34N2. The second kappa shape index (κ2) is 7.08. The SMILES string of the molecule is CCC(C)C1CNC(CC(C)C)CN1C1CCCC1. The molecule has 2 fully saturated rings. The van der Waals surface area contributed by atoms with E-state index in [0.29, 0.717) is 0 Å². The number of hydrogen-bond acceptors (Lipinski definition) is 2. The summed E-state index contributed by atoms with van der Waals surface area (Å²) < 4.78 is 0. The Bertz CT molecular complexity index is 258. The minimum atomic E-state index is 0.723. The molecular weight excluding hydrogens is 232 g/mol. The van der Waals surface area contributed by atoms with Crippen LogP contribution in [-0.4, -0.2) is 36.1 Å². The van der Waals surface area contributed by atoms with Crippen molar-refractivity contribution in [1.82, 2.24) is 10.2 Å². The summed E-state index contributed by atoms with van der Waals surface area (Å²) in [7, 11) is 0. The Morgan fingerprint density at radius 2 is 1.84 bits per heavy atom. The van der Waals surface area contributed by atoms with Gasteiger partial charge < -0.3 is 5.32 Å². The van der Waals surface area contributed by atoms with Gasteiger partial charge in [-0.05, 0) is 31.1 Å². The van der Waals surface area contributed by atoms with Gasteiger partial charge in [0, 0.05) is 31.2 Å². The van der Waals surface area contributed by atoms with E-state index in [-0.39, 0.29) is 0 Å². The van der Waals surface area contributed by atoms with E-state index in [4.69, 9.17) is 0 Å². The van der Waals surface area contributed by atoms with Crippen molar-refractivity contribution in [2.24, 2.45) is 11.8 Å². The summed E-state index contributed by atoms with van der Waals surface area (Å²) in [5, 5.41) is 3.83. The zero-order chi connectivity index (χ0) is 13.8. The van der Waals surface area contributed by atoms with Gasteiger partial charge in [-0.2, -0.15) is 0 Å². The maximum absolute atomic E-state index is 3.83. The predicted octanol–water partition coefficient (Wildman–Crippen LogP) is 3.66. The molecule has 0 spiro atoms. The van der Waals surface area contributed by atoms with Gasteiger partial charge in [0.1, 0.15) is 0 Å². The summed E-state index contributed by atoms with van der Waals surface area (Å²) in [6.45, 7) is 12.0. The third kappa shape index (κ3) is 3.95. The largest absolute Gasteiger partial charge is 0.311 e. The van der Waals surface area contributed by atoms with Gasteiger partial charge in [0.05, 0.1) is 0 Å². The Balaban J connectivity index is 2.00. The zero-order valence-electron chi connectivity index (χ0n) is 13.5. The highest BCUT2D eigenvalue weighted by atomic mass is 15.3. The van der Waals surface area contributed by atoms with Crippen molar-refractivity contribution in [3.05, 3.63) is 0 Å². The van der Waals surface area contributed by atoms with Gasteiger partial charge in [-0.15, -0.1) is 0 Å². The molecule has 0 aromatic heterocycles. The first-order valence-corrected chi connectivity index (χ1v) is 8.61. The molecule has 0 bridgehead atoms. The molecule has 1 N–H and O–H groups in total. The van der Waals surface area contributed by atoms with E-state index in [1.54, 1.807) is 0 Å². The van der Waals surface area contributed by atoms with Crippen LogP contribution in [-0.2, 0) is 0 Å². The molecule has 0 amide bonds. The molecule has 1 saturated carbocycles. The summed E-state index contributed by atoms with van der Waals surface area (Å²) in [5.41, 5.74) is 0. The lowest BCUT2D eigenvalue weighted by Crippen LogP contribution is -2.61. The maximum atomic E-state index is 3.83. The molecule has 0 radical (unpaired) electrons. The number of piperazine rings is 1. The molecule has 2 nitrogen and oxygen atoms in total. The quantitative estimate of drug-likeness (QED) is 0.817. The van der Waals surface area contributed by atoms with Crippen LogP contribution in [0, 0.1) is 11.8 Å². The van der Waals surface area contributed by atoms with Crippen molar-refractivity contribution >= 4 is 0 Å². The molecule has 1 aliphatic carbocycles. The van der Waals surface area contributed by atoms with Crippen LogP contribution in [0.25, 0.3) is 0 Å². The maximum Gasteiger partial charge on any atom is 0.0249 e. The highest BCUT2D eigenvalue weighted by Gasteiger charge is 2.36. The average molecular weight is 266 g/mol. The topological polar surface area (TPSA) is 15.3 Å². The summed E-state index contributed by atoms with van der Waals surface area (Å²) in [4.78, 5) is 2.89. The first-order chi connectivity index (χ1) is 9.11. The monoisotopic (exact) mass is 266 g/mol. The van der Waals surface area contributed by atoms with E-state index in [0.717, 1.165) is 30.0 Å². The van der Waals surface area contributed by atoms with Crippen molar-refractivity contribution in [1.29, 1.82) is 0 Å². The molecule has 2 heteroatoms. The lowest BCUT2D eigenvalue weighted by molar-refractivity contribution is 0.0478. The van der Waals surface area contributed by atoms with Crippen LogP contribution in [0.2, 0.25) is 0 Å². The molecule has 19 heavy (non-hydrogen) atoms. The van der Waals surface area contributed by atoms with E-state index >= 15 is 0 Å². The van der Waals surface area contributed by atoms with Gasteiger partial charge in [0.2, 0.25) is 0 Å². The minimum Gasteiger partial charge on any atom is -0.311 e. The fraction of sp³-hybridized carbons (Fsp3) is 1.00. The molecule has 2 rings (SSSR count). The fourth-order valence-electron chi connectivity index (χ4n) is 4.04. The summed E-state index contributed by atoms with van der Waals surface area (Å²) >= 11 is 0. The van der Waals surface area contributed by atoms with Crippen LogP contribution in [0.15, 0.2) is 0 Å². The Morgan fingerprint density at radius 1 is 1.16 bits per heavy atom. The predicted molar refractivity (Wildman–Crippen MR) is 83.5 cm³/mol. The second-order valence-electron chi connectivity index (χ2n) is 7.32. The molecule has 2 aliphatic rings. The average Bonchev–Trinajstić information content (AvgIpc) is 2.91. The molecule has 1 heterocycles. The van der Waals surface area contributed by atoms with Gasteiger partial charge in [-0.25, -0.2) is 0 Å². The van der Waals surface area contributed by atoms with Crippen LogP contribution in [0.3, 0.4) is 0 Å². The number of nitrogens with zero attached hydrogens (tertiary/aromatic N) is 1. The first kappa shape index (κ1) is 15.3. The van der Waals surface area contributed by atoms with Gasteiger partial charge in [-0.1, -0.05) is 47.0 Å². The number of hydrogen-bond donors (Lipinski definition) is 1. The third-order valence-electron chi connectivity index (χ3n) is 5.32. The Labute approximate surface area is 120 Å². The van der Waals surface area contributed by atoms with Crippen LogP contribution in [0.5, 0.6) is 0 Å². The van der Waals surface area contributed by atoms with Crippen molar-refractivity contribution in [2.45, 2.75) is 84.3 Å². The number of rotatable bonds is 5. The van der Waals surface area contributed by atoms with Crippen molar-refractivity contribution in [3.8, 4) is 0 Å². The van der Waals surface area contributed by atoms with Gasteiger partial charge in [0.15, 0.2) is 0 Å². The standard InChI is InChI=1S/C17H34N2/c1-5-14(4)17-11-18-15(10-13(2)3)12-19(17)16-8-6-7-9-16/h13-18H,5-12H2,1-4H3. The highest BCUT2D eigenvalue weighted by molar-refractivity contribution is 4.93. The minimum absolute atomic E-state index is 0.723. The fourth-order valence-corrected chi connectivity index (χ4v) is 4.04. The van der Waals surface area contributed by atoms with E-state index in [1.807, 2.05) is 0 Å². The van der Waals surface area contributed by atoms with Crippen molar-refractivity contribution in [3.63, 3.8) is 0 Å². The molecule has 0 aromatic rings. The summed E-state index contributed by atoms with van der Waals surface area (Å²) in [6.07, 6.45) is 8.44. The van der Waals surface area contributed by atoms with Crippen LogP contribution < -0.4 is 5.32 Å². The zero-order valence-corrected chi connectivity index (χ0v) is 13.5. The lowest BCUT2D eigenvalue weighted by Gasteiger charge is -2.46. The Kier molecular flexibility index (Phi) is 5.70. The summed E-state index contributed by atoms with van der Waals surface area (Å²) in [6, 6.07) is 2.38. The molecule has 0 aromatic carbocycles. The van der Waals surface area contributed by atoms with Crippen LogP contribution in [0.4, 0.5) is 0 Å². The van der Waals surface area contributed by atoms with E-state index < -0.39 is 0 Å². The molecule has 1 saturated heterocycles. The number of nitrogens with one attached hydrogen (secondary N) is 1.